The zero-order chi connectivity index (χ0) is 29.8. The molecule has 10 heteroatoms. The fourth-order valence-electron chi connectivity index (χ4n) is 4.16. The molecule has 0 aliphatic rings. The van der Waals surface area contributed by atoms with Crippen LogP contribution >= 0.6 is 0 Å². The highest BCUT2D eigenvalue weighted by Crippen LogP contribution is 2.13. The Labute approximate surface area is 239 Å². The Morgan fingerprint density at radius 2 is 0.575 bits per heavy atom. The van der Waals surface area contributed by atoms with Crippen LogP contribution in [0.5, 0.6) is 0 Å². The van der Waals surface area contributed by atoms with E-state index in [1.165, 1.54) is 14.2 Å². The van der Waals surface area contributed by atoms with Crippen LogP contribution in [0.4, 0.5) is 0 Å². The van der Waals surface area contributed by atoms with E-state index < -0.39 is 23.5 Å². The fraction of sp³-hybridized carbons (Fsp3) is 0.800. The van der Waals surface area contributed by atoms with Crippen molar-refractivity contribution in [3.8, 4) is 0 Å². The van der Waals surface area contributed by atoms with Gasteiger partial charge in [-0.2, -0.15) is 0 Å². The smallest absolute Gasteiger partial charge is 0.421 e. The molecule has 0 amide bonds. The van der Waals surface area contributed by atoms with Crippen molar-refractivity contribution in [1.82, 2.24) is 0 Å². The molecule has 0 fully saturated rings. The topological polar surface area (TPSA) is 139 Å². The Hall–Kier alpha value is -2.78. The minimum absolute atomic E-state index is 0.00531. The first kappa shape index (κ1) is 37.2. The standard InChI is InChI=1S/C30H50O10/c1-37-27(33)23-19-15-11-7-3-5-9-13-17-21-25(31)29(35)39-40-30(36)26(32)22-18-14-10-6-4-8-12-16-20-24-28(34)38-2/h3-24H2,1-2H3. The Morgan fingerprint density at radius 1 is 0.350 bits per heavy atom. The maximum atomic E-state index is 11.8. The molecular weight excluding hydrogens is 520 g/mol. The number of hydrogen-bond acceptors (Lipinski definition) is 10. The van der Waals surface area contributed by atoms with Crippen molar-refractivity contribution >= 4 is 35.4 Å². The molecule has 40 heavy (non-hydrogen) atoms. The number of hydrogen-bond donors (Lipinski definition) is 0. The van der Waals surface area contributed by atoms with Crippen LogP contribution in [0.25, 0.3) is 0 Å². The zero-order valence-electron chi connectivity index (χ0n) is 24.6. The molecule has 10 nitrogen and oxygen atoms in total. The van der Waals surface area contributed by atoms with Crippen LogP contribution in [0.1, 0.15) is 141 Å². The summed E-state index contributed by atoms with van der Waals surface area (Å²) in [6.45, 7) is 0. The Kier molecular flexibility index (Phi) is 24.6. The number of unbranched alkanes of at least 4 members (excludes halogenated alkanes) is 16. The highest BCUT2D eigenvalue weighted by atomic mass is 17.2. The van der Waals surface area contributed by atoms with Gasteiger partial charge in [-0.3, -0.25) is 19.2 Å². The van der Waals surface area contributed by atoms with E-state index >= 15 is 0 Å². The molecule has 230 valence electrons. The lowest BCUT2D eigenvalue weighted by molar-refractivity contribution is -0.254. The van der Waals surface area contributed by atoms with Gasteiger partial charge in [0, 0.05) is 25.7 Å². The summed E-state index contributed by atoms with van der Waals surface area (Å²) in [5, 5.41) is 0. The summed E-state index contributed by atoms with van der Waals surface area (Å²) < 4.78 is 9.21. The van der Waals surface area contributed by atoms with Crippen molar-refractivity contribution in [2.75, 3.05) is 14.2 Å². The van der Waals surface area contributed by atoms with Gasteiger partial charge in [0.25, 0.3) is 0 Å². The molecule has 0 aliphatic carbocycles. The van der Waals surface area contributed by atoms with Crippen molar-refractivity contribution in [2.45, 2.75) is 141 Å². The van der Waals surface area contributed by atoms with Crippen LogP contribution in [-0.2, 0) is 48.0 Å². The summed E-state index contributed by atoms with van der Waals surface area (Å²) in [5.74, 6) is -4.44. The minimum Gasteiger partial charge on any atom is -0.469 e. The third-order valence-corrected chi connectivity index (χ3v) is 6.67. The number of esters is 2. The lowest BCUT2D eigenvalue weighted by Crippen LogP contribution is -2.23. The van der Waals surface area contributed by atoms with E-state index in [-0.39, 0.29) is 24.8 Å². The van der Waals surface area contributed by atoms with E-state index in [1.54, 1.807) is 0 Å². The molecule has 0 saturated heterocycles. The Balaban J connectivity index is 3.61. The molecule has 0 bridgehead atoms. The fourth-order valence-corrected chi connectivity index (χ4v) is 4.16. The van der Waals surface area contributed by atoms with Gasteiger partial charge in [0.05, 0.1) is 14.2 Å². The summed E-state index contributed by atoms with van der Waals surface area (Å²) in [6, 6.07) is 0. The second-order valence-corrected chi connectivity index (χ2v) is 10.1. The average molecular weight is 571 g/mol. The molecule has 0 aromatic carbocycles. The molecule has 0 spiro atoms. The molecule has 0 N–H and O–H groups in total. The van der Waals surface area contributed by atoms with E-state index in [1.807, 2.05) is 0 Å². The van der Waals surface area contributed by atoms with Gasteiger partial charge < -0.3 is 9.47 Å². The van der Waals surface area contributed by atoms with Gasteiger partial charge in [0.2, 0.25) is 11.6 Å². The summed E-state index contributed by atoms with van der Waals surface area (Å²) in [5.41, 5.74) is 0. The first-order chi connectivity index (χ1) is 19.3. The molecule has 0 aromatic rings. The Morgan fingerprint density at radius 3 is 0.825 bits per heavy atom. The zero-order valence-corrected chi connectivity index (χ0v) is 24.6. The second-order valence-electron chi connectivity index (χ2n) is 10.1. The lowest BCUT2D eigenvalue weighted by atomic mass is 10.0. The molecular formula is C30H50O10. The van der Waals surface area contributed by atoms with Gasteiger partial charge in [-0.25, -0.2) is 19.4 Å². The third kappa shape index (κ3) is 23.1. The van der Waals surface area contributed by atoms with Crippen LogP contribution in [-0.4, -0.2) is 49.7 Å². The van der Waals surface area contributed by atoms with E-state index in [0.29, 0.717) is 25.7 Å². The predicted octanol–water partition coefficient (Wildman–Crippen LogP) is 6.05. The van der Waals surface area contributed by atoms with Gasteiger partial charge in [0.1, 0.15) is 0 Å². The van der Waals surface area contributed by atoms with Gasteiger partial charge in [0.15, 0.2) is 0 Å². The van der Waals surface area contributed by atoms with Crippen LogP contribution in [0.2, 0.25) is 0 Å². The first-order valence-electron chi connectivity index (χ1n) is 14.9. The molecule has 0 aromatic heterocycles. The van der Waals surface area contributed by atoms with E-state index in [4.69, 9.17) is 0 Å². The van der Waals surface area contributed by atoms with Crippen molar-refractivity contribution < 1.29 is 48.0 Å². The van der Waals surface area contributed by atoms with Crippen LogP contribution < -0.4 is 0 Å². The van der Waals surface area contributed by atoms with Gasteiger partial charge in [-0.1, -0.05) is 89.9 Å². The summed E-state index contributed by atoms with van der Waals surface area (Å²) in [4.78, 5) is 77.6. The number of ketones is 2. The average Bonchev–Trinajstić information content (AvgIpc) is 2.96. The maximum absolute atomic E-state index is 11.8. The van der Waals surface area contributed by atoms with Crippen molar-refractivity contribution in [1.29, 1.82) is 0 Å². The number of rotatable bonds is 26. The third-order valence-electron chi connectivity index (χ3n) is 6.67. The summed E-state index contributed by atoms with van der Waals surface area (Å²) in [7, 11) is 2.79. The van der Waals surface area contributed by atoms with Crippen LogP contribution in [0.15, 0.2) is 0 Å². The first-order valence-corrected chi connectivity index (χ1v) is 14.9. The van der Waals surface area contributed by atoms with Gasteiger partial charge in [-0.05, 0) is 25.7 Å². The number of Topliss-reactive ketones (excluding diaryl/α,β-unsaturated/α-hetero) is 2. The maximum Gasteiger partial charge on any atom is 0.421 e. The number of ether oxygens (including phenoxy) is 2. The number of carbonyl (C=O) groups excluding carboxylic acids is 6. The largest absolute Gasteiger partial charge is 0.469 e. The van der Waals surface area contributed by atoms with Gasteiger partial charge in [-0.15, -0.1) is 0 Å². The molecule has 0 radical (unpaired) electrons. The van der Waals surface area contributed by atoms with E-state index in [0.717, 1.165) is 103 Å². The van der Waals surface area contributed by atoms with Gasteiger partial charge >= 0.3 is 23.9 Å². The number of methoxy groups -OCH3 is 2. The summed E-state index contributed by atoms with van der Waals surface area (Å²) >= 11 is 0. The van der Waals surface area contributed by atoms with Crippen molar-refractivity contribution in [3.05, 3.63) is 0 Å². The second kappa shape index (κ2) is 26.4. The van der Waals surface area contributed by atoms with E-state index in [9.17, 15) is 28.8 Å². The number of carbonyl (C=O) groups is 6. The predicted molar refractivity (Wildman–Crippen MR) is 148 cm³/mol. The van der Waals surface area contributed by atoms with Crippen molar-refractivity contribution in [2.24, 2.45) is 0 Å². The molecule has 0 aliphatic heterocycles. The lowest BCUT2D eigenvalue weighted by Gasteiger charge is -2.04. The van der Waals surface area contributed by atoms with Crippen LogP contribution in [0.3, 0.4) is 0 Å². The SMILES string of the molecule is COC(=O)CCCCCCCCCCCC(=O)C(=O)OOC(=O)C(=O)CCCCCCCCCCCC(=O)OC. The Bertz CT molecular complexity index is 685. The quantitative estimate of drug-likeness (QED) is 0.0396. The highest BCUT2D eigenvalue weighted by Gasteiger charge is 2.22. The molecule has 0 saturated carbocycles. The van der Waals surface area contributed by atoms with Crippen molar-refractivity contribution in [3.63, 3.8) is 0 Å². The van der Waals surface area contributed by atoms with Crippen LogP contribution in [0, 0.1) is 0 Å². The normalized spacial score (nSPS) is 10.6. The molecule has 0 rings (SSSR count). The molecule has 0 unspecified atom stereocenters. The highest BCUT2D eigenvalue weighted by molar-refractivity contribution is 6.35. The monoisotopic (exact) mass is 570 g/mol. The van der Waals surface area contributed by atoms with E-state index in [2.05, 4.69) is 19.2 Å². The minimum atomic E-state index is -1.27. The molecule has 0 atom stereocenters. The molecule has 0 heterocycles. The summed E-state index contributed by atoms with van der Waals surface area (Å²) in [6.07, 6.45) is 17.8.